The number of H-pyrrole nitrogens is 1. The van der Waals surface area contributed by atoms with Crippen LogP contribution < -0.4 is 0 Å². The van der Waals surface area contributed by atoms with Crippen LogP contribution in [0.4, 0.5) is 5.82 Å². The number of halogens is 1. The molecule has 0 saturated heterocycles. The number of nitrogens with one attached hydrogen (secondary N) is 1. The molecule has 0 amide bonds. The summed E-state index contributed by atoms with van der Waals surface area (Å²) < 4.78 is 0. The van der Waals surface area contributed by atoms with E-state index in [1.54, 1.807) is 0 Å². The summed E-state index contributed by atoms with van der Waals surface area (Å²) in [4.78, 5) is 8.66. The first kappa shape index (κ1) is 16.7. The Hall–Kier alpha value is -2.12. The zero-order valence-electron chi connectivity index (χ0n) is 14.0. The molecule has 0 saturated carbocycles. The second-order valence-electron chi connectivity index (χ2n) is 6.12. The van der Waals surface area contributed by atoms with Gasteiger partial charge < -0.3 is 4.85 Å². The summed E-state index contributed by atoms with van der Waals surface area (Å²) in [5.41, 5.74) is 4.03. The highest BCUT2D eigenvalue weighted by atomic mass is 35.5. The Morgan fingerprint density at radius 2 is 1.96 bits per heavy atom. The van der Waals surface area contributed by atoms with Gasteiger partial charge in [0.25, 0.3) is 6.04 Å². The normalized spacial score (nSPS) is 19.5. The lowest BCUT2D eigenvalue weighted by Gasteiger charge is -2.25. The number of aromatic amines is 1. The van der Waals surface area contributed by atoms with E-state index < -0.39 is 0 Å². The second-order valence-corrected chi connectivity index (χ2v) is 6.52. The maximum atomic E-state index is 7.79. The molecule has 5 heteroatoms. The van der Waals surface area contributed by atoms with Crippen molar-refractivity contribution in [1.29, 1.82) is 0 Å². The van der Waals surface area contributed by atoms with Crippen molar-refractivity contribution in [2.75, 3.05) is 0 Å². The first-order valence-electron chi connectivity index (χ1n) is 8.46. The molecule has 0 fully saturated rings. The zero-order valence-corrected chi connectivity index (χ0v) is 14.8. The average molecular weight is 341 g/mol. The zero-order chi connectivity index (χ0) is 17.1. The number of rotatable bonds is 5. The second kappa shape index (κ2) is 7.19. The SMILES string of the molecule is [C-]#[N+]C1C(CCC)=Nc2n[nH]c(CCC)c2C1c1ccccc1Cl. The summed E-state index contributed by atoms with van der Waals surface area (Å²) in [6.07, 6.45) is 3.68. The molecule has 2 aromatic rings. The lowest BCUT2D eigenvalue weighted by atomic mass is 9.79. The fraction of sp³-hybridized carbons (Fsp3) is 0.421. The lowest BCUT2D eigenvalue weighted by Crippen LogP contribution is -2.29. The fourth-order valence-electron chi connectivity index (χ4n) is 3.44. The van der Waals surface area contributed by atoms with E-state index >= 15 is 0 Å². The average Bonchev–Trinajstić information content (AvgIpc) is 2.98. The fourth-order valence-corrected chi connectivity index (χ4v) is 3.70. The molecule has 0 aliphatic carbocycles. The topological polar surface area (TPSA) is 45.4 Å². The van der Waals surface area contributed by atoms with E-state index in [4.69, 9.17) is 23.2 Å². The third-order valence-corrected chi connectivity index (χ3v) is 4.81. The first-order valence-corrected chi connectivity index (χ1v) is 8.84. The Labute approximate surface area is 147 Å². The number of aliphatic imine (C=N–C) groups is 1. The van der Waals surface area contributed by atoms with E-state index in [0.29, 0.717) is 5.02 Å². The molecule has 124 valence electrons. The predicted molar refractivity (Wildman–Crippen MR) is 98.3 cm³/mol. The molecule has 1 aromatic heterocycles. The van der Waals surface area contributed by atoms with Gasteiger partial charge >= 0.3 is 0 Å². The van der Waals surface area contributed by atoms with E-state index in [-0.39, 0.29) is 12.0 Å². The quantitative estimate of drug-likeness (QED) is 0.735. The molecule has 4 nitrogen and oxygen atoms in total. The summed E-state index contributed by atoms with van der Waals surface area (Å²) in [5, 5.41) is 8.26. The van der Waals surface area contributed by atoms with Gasteiger partial charge in [0.05, 0.1) is 5.92 Å². The molecule has 1 aliphatic rings. The third kappa shape index (κ3) is 2.85. The number of benzene rings is 1. The molecule has 2 atom stereocenters. The van der Waals surface area contributed by atoms with Crippen molar-refractivity contribution in [3.63, 3.8) is 0 Å². The van der Waals surface area contributed by atoms with Crippen LogP contribution in [-0.4, -0.2) is 22.0 Å². The van der Waals surface area contributed by atoms with Gasteiger partial charge in [-0.3, -0.25) is 5.10 Å². The molecule has 2 unspecified atom stereocenters. The number of nitrogens with zero attached hydrogens (tertiary/aromatic N) is 3. The van der Waals surface area contributed by atoms with Crippen molar-refractivity contribution in [1.82, 2.24) is 10.2 Å². The van der Waals surface area contributed by atoms with Gasteiger partial charge in [0.15, 0.2) is 5.82 Å². The number of aryl methyl sites for hydroxylation is 1. The third-order valence-electron chi connectivity index (χ3n) is 4.47. The molecule has 0 radical (unpaired) electrons. The molecule has 3 rings (SSSR count). The van der Waals surface area contributed by atoms with Crippen molar-refractivity contribution in [2.24, 2.45) is 4.99 Å². The number of fused-ring (bicyclic) bond motifs is 1. The first-order chi connectivity index (χ1) is 11.7. The van der Waals surface area contributed by atoms with Crippen LogP contribution in [0.3, 0.4) is 0 Å². The van der Waals surface area contributed by atoms with Crippen molar-refractivity contribution in [3.05, 3.63) is 57.5 Å². The summed E-state index contributed by atoms with van der Waals surface area (Å²) in [6.45, 7) is 12.0. The lowest BCUT2D eigenvalue weighted by molar-refractivity contribution is 0.751. The van der Waals surface area contributed by atoms with E-state index in [1.807, 2.05) is 24.3 Å². The van der Waals surface area contributed by atoms with Crippen LogP contribution in [0.2, 0.25) is 5.02 Å². The van der Waals surface area contributed by atoms with Crippen molar-refractivity contribution in [2.45, 2.75) is 51.5 Å². The molecular weight excluding hydrogens is 320 g/mol. The van der Waals surface area contributed by atoms with Gasteiger partial charge in [0, 0.05) is 16.3 Å². The van der Waals surface area contributed by atoms with Crippen LogP contribution in [0.1, 0.15) is 55.8 Å². The van der Waals surface area contributed by atoms with Crippen LogP contribution in [0.25, 0.3) is 4.85 Å². The van der Waals surface area contributed by atoms with E-state index in [1.165, 1.54) is 0 Å². The Morgan fingerprint density at radius 1 is 1.21 bits per heavy atom. The Bertz CT molecular complexity index is 800. The molecule has 1 N–H and O–H groups in total. The smallest absolute Gasteiger partial charge is 0.272 e. The van der Waals surface area contributed by atoms with Gasteiger partial charge in [0.1, 0.15) is 5.71 Å². The summed E-state index contributed by atoms with van der Waals surface area (Å²) >= 11 is 6.49. The number of hydrogen-bond donors (Lipinski definition) is 1. The van der Waals surface area contributed by atoms with Gasteiger partial charge in [-0.05, 0) is 24.5 Å². The minimum Gasteiger partial charge on any atom is -0.306 e. The molecule has 1 aromatic carbocycles. The van der Waals surface area contributed by atoms with Crippen molar-refractivity contribution < 1.29 is 0 Å². The van der Waals surface area contributed by atoms with Crippen LogP contribution in [0.15, 0.2) is 29.3 Å². The highest BCUT2D eigenvalue weighted by Gasteiger charge is 2.42. The maximum absolute atomic E-state index is 7.79. The van der Waals surface area contributed by atoms with Gasteiger partial charge in [-0.25, -0.2) is 11.6 Å². The van der Waals surface area contributed by atoms with E-state index in [2.05, 4.69) is 28.9 Å². The standard InChI is InChI=1S/C19H21ClN4/c1-4-8-14-17-16(12-10-6-7-11-13(12)20)18(21-3)15(9-5-2)22-19(17)24-23-14/h6-7,10-11,16,18H,4-5,8-9H2,1-2H3,(H,23,24). The Morgan fingerprint density at radius 3 is 2.62 bits per heavy atom. The number of hydrogen-bond acceptors (Lipinski definition) is 2. The van der Waals surface area contributed by atoms with Crippen molar-refractivity contribution >= 4 is 23.1 Å². The summed E-state index contributed by atoms with van der Waals surface area (Å²) in [7, 11) is 0. The summed E-state index contributed by atoms with van der Waals surface area (Å²) in [5.74, 6) is 0.622. The van der Waals surface area contributed by atoms with E-state index in [0.717, 1.165) is 54.0 Å². The van der Waals surface area contributed by atoms with Gasteiger partial charge in [-0.15, -0.1) is 0 Å². The maximum Gasteiger partial charge on any atom is 0.272 e. The molecule has 2 heterocycles. The van der Waals surface area contributed by atoms with Gasteiger partial charge in [-0.2, -0.15) is 5.10 Å². The molecule has 1 aliphatic heterocycles. The summed E-state index contributed by atoms with van der Waals surface area (Å²) in [6, 6.07) is 7.50. The van der Waals surface area contributed by atoms with Crippen LogP contribution in [-0.2, 0) is 6.42 Å². The Kier molecular flexibility index (Phi) is 5.01. The van der Waals surface area contributed by atoms with Crippen LogP contribution in [0, 0.1) is 6.57 Å². The van der Waals surface area contributed by atoms with Crippen LogP contribution >= 0.6 is 11.6 Å². The van der Waals surface area contributed by atoms with Crippen LogP contribution in [0.5, 0.6) is 0 Å². The van der Waals surface area contributed by atoms with E-state index in [9.17, 15) is 0 Å². The monoisotopic (exact) mass is 340 g/mol. The van der Waals surface area contributed by atoms with Gasteiger partial charge in [0.2, 0.25) is 0 Å². The minimum absolute atomic E-state index is 0.106. The highest BCUT2D eigenvalue weighted by molar-refractivity contribution is 6.31. The molecular formula is C19H21ClN4. The molecule has 24 heavy (non-hydrogen) atoms. The Balaban J connectivity index is 2.21. The number of aromatic nitrogens is 2. The van der Waals surface area contributed by atoms with Gasteiger partial charge in [-0.1, -0.05) is 56.5 Å². The molecule has 0 spiro atoms. The predicted octanol–water partition coefficient (Wildman–Crippen LogP) is 5.32. The highest BCUT2D eigenvalue weighted by Crippen LogP contribution is 2.44. The largest absolute Gasteiger partial charge is 0.306 e. The molecule has 0 bridgehead atoms. The van der Waals surface area contributed by atoms with Crippen molar-refractivity contribution in [3.8, 4) is 0 Å². The minimum atomic E-state index is -0.314.